The van der Waals surface area contributed by atoms with Crippen molar-refractivity contribution in [2.24, 2.45) is 5.73 Å². The number of halogens is 1. The Labute approximate surface area is 205 Å². The normalized spacial score (nSPS) is 14.0. The highest BCUT2D eigenvalue weighted by atomic mass is 19.1. The van der Waals surface area contributed by atoms with Crippen molar-refractivity contribution in [2.75, 3.05) is 18.0 Å². The van der Waals surface area contributed by atoms with Gasteiger partial charge in [0, 0.05) is 41.7 Å². The lowest BCUT2D eigenvalue weighted by atomic mass is 10.0. The van der Waals surface area contributed by atoms with E-state index in [4.69, 9.17) is 10.7 Å². The number of nitrogens with two attached hydrogens (primary N) is 1. The van der Waals surface area contributed by atoms with E-state index in [1.165, 1.54) is 12.1 Å². The number of pyridine rings is 1. The summed E-state index contributed by atoms with van der Waals surface area (Å²) in [6.45, 7) is 1.57. The molecule has 4 N–H and O–H groups in total. The Morgan fingerprint density at radius 1 is 0.972 bits per heavy atom. The lowest BCUT2D eigenvalue weighted by Gasteiger charge is -2.37. The minimum absolute atomic E-state index is 0.188. The van der Waals surface area contributed by atoms with E-state index in [1.807, 2.05) is 30.3 Å². The number of fused-ring (bicyclic) bond motifs is 2. The average molecular weight is 477 g/mol. The van der Waals surface area contributed by atoms with Gasteiger partial charge < -0.3 is 15.6 Å². The van der Waals surface area contributed by atoms with Gasteiger partial charge in [-0.05, 0) is 47.5 Å². The molecule has 2 aromatic carbocycles. The molecule has 1 aliphatic heterocycles. The first kappa shape index (κ1) is 20.7. The average Bonchev–Trinajstić information content (AvgIpc) is 3.50. The van der Waals surface area contributed by atoms with Gasteiger partial charge in [-0.3, -0.25) is 10.1 Å². The molecule has 176 valence electrons. The van der Waals surface area contributed by atoms with Crippen molar-refractivity contribution in [3.8, 4) is 33.8 Å². The highest BCUT2D eigenvalue weighted by molar-refractivity contribution is 6.00. The number of hydrogen-bond acceptors (Lipinski definition) is 6. The van der Waals surface area contributed by atoms with Gasteiger partial charge in [-0.15, -0.1) is 0 Å². The van der Waals surface area contributed by atoms with Crippen molar-refractivity contribution in [1.82, 2.24) is 30.1 Å². The van der Waals surface area contributed by atoms with Crippen molar-refractivity contribution in [1.29, 1.82) is 0 Å². The maximum absolute atomic E-state index is 13.9. The fourth-order valence-electron chi connectivity index (χ4n) is 4.79. The standard InChI is InChI=1S/C27H21FN8/c28-17-3-1-2-15(8-17)19-6-7-31-27-20(19)10-23(33-27)26-21-9-16(4-5-22(21)34-35-26)24-11-30-12-25(32-24)36-13-18(29)14-36/h1-12,18H,13-14,29H2,(H,31,33)(H,34,35). The fraction of sp³-hybridized carbons (Fsp3) is 0.111. The largest absolute Gasteiger partial charge is 0.352 e. The molecule has 6 aromatic rings. The molecule has 1 aliphatic rings. The van der Waals surface area contributed by atoms with Crippen LogP contribution in [0.1, 0.15) is 0 Å². The molecule has 36 heavy (non-hydrogen) atoms. The van der Waals surface area contributed by atoms with Gasteiger partial charge in [0.25, 0.3) is 0 Å². The number of nitrogens with one attached hydrogen (secondary N) is 2. The molecule has 0 atom stereocenters. The zero-order valence-electron chi connectivity index (χ0n) is 19.1. The van der Waals surface area contributed by atoms with Crippen molar-refractivity contribution in [2.45, 2.75) is 6.04 Å². The lowest BCUT2D eigenvalue weighted by molar-refractivity contribution is 0.514. The minimum Gasteiger partial charge on any atom is -0.352 e. The molecular formula is C27H21FN8. The van der Waals surface area contributed by atoms with Gasteiger partial charge in [-0.1, -0.05) is 18.2 Å². The molecular weight excluding hydrogens is 455 g/mol. The Balaban J connectivity index is 1.31. The number of nitrogens with zero attached hydrogens (tertiary/aromatic N) is 5. The summed E-state index contributed by atoms with van der Waals surface area (Å²) in [5.74, 6) is 0.552. The Kier molecular flexibility index (Phi) is 4.58. The Bertz CT molecular complexity index is 1750. The number of rotatable bonds is 4. The molecule has 0 spiro atoms. The van der Waals surface area contributed by atoms with Crippen LogP contribution in [0.4, 0.5) is 10.2 Å². The SMILES string of the molecule is NC1CN(c2cncc(-c3ccc4[nH]nc(-c5cc6c(-c7cccc(F)c7)ccnc6[nH]5)c4c3)n2)C1. The lowest BCUT2D eigenvalue weighted by Crippen LogP contribution is -2.56. The summed E-state index contributed by atoms with van der Waals surface area (Å²) in [4.78, 5) is 19.2. The first-order chi connectivity index (χ1) is 17.6. The maximum atomic E-state index is 13.9. The summed E-state index contributed by atoms with van der Waals surface area (Å²) in [6.07, 6.45) is 5.26. The topological polar surface area (TPSA) is 112 Å². The predicted molar refractivity (Wildman–Crippen MR) is 138 cm³/mol. The van der Waals surface area contributed by atoms with Crippen LogP contribution in [-0.2, 0) is 0 Å². The Morgan fingerprint density at radius 2 is 1.89 bits per heavy atom. The number of H-pyrrole nitrogens is 2. The highest BCUT2D eigenvalue weighted by Gasteiger charge is 2.24. The van der Waals surface area contributed by atoms with E-state index in [9.17, 15) is 4.39 Å². The third-order valence-electron chi connectivity index (χ3n) is 6.64. The third kappa shape index (κ3) is 3.40. The van der Waals surface area contributed by atoms with Gasteiger partial charge in [0.1, 0.15) is 23.0 Å². The minimum atomic E-state index is -0.275. The van der Waals surface area contributed by atoms with Crippen LogP contribution in [0.2, 0.25) is 0 Å². The van der Waals surface area contributed by atoms with E-state index in [0.717, 1.165) is 69.0 Å². The molecule has 7 rings (SSSR count). The number of benzene rings is 2. The van der Waals surface area contributed by atoms with E-state index < -0.39 is 0 Å². The number of aromatic nitrogens is 6. The summed E-state index contributed by atoms with van der Waals surface area (Å²) in [7, 11) is 0. The number of hydrogen-bond donors (Lipinski definition) is 3. The molecule has 9 heteroatoms. The van der Waals surface area contributed by atoms with Gasteiger partial charge in [-0.2, -0.15) is 5.10 Å². The van der Waals surface area contributed by atoms with Crippen LogP contribution in [0.5, 0.6) is 0 Å². The van der Waals surface area contributed by atoms with Gasteiger partial charge in [-0.25, -0.2) is 14.4 Å². The molecule has 1 saturated heterocycles. The molecule has 0 bridgehead atoms. The van der Waals surface area contributed by atoms with E-state index in [-0.39, 0.29) is 11.9 Å². The second-order valence-corrected chi connectivity index (χ2v) is 9.07. The van der Waals surface area contributed by atoms with E-state index in [1.54, 1.807) is 24.7 Å². The summed E-state index contributed by atoms with van der Waals surface area (Å²) in [6, 6.07) is 16.7. The molecule has 1 fully saturated rings. The number of anilines is 1. The van der Waals surface area contributed by atoms with Gasteiger partial charge >= 0.3 is 0 Å². The third-order valence-corrected chi connectivity index (χ3v) is 6.64. The fourth-order valence-corrected chi connectivity index (χ4v) is 4.79. The van der Waals surface area contributed by atoms with Crippen molar-refractivity contribution in [3.05, 3.63) is 79.0 Å². The van der Waals surface area contributed by atoms with E-state index in [0.29, 0.717) is 5.65 Å². The quantitative estimate of drug-likeness (QED) is 0.345. The molecule has 0 radical (unpaired) electrons. The van der Waals surface area contributed by atoms with Crippen molar-refractivity contribution >= 4 is 27.8 Å². The van der Waals surface area contributed by atoms with Crippen LogP contribution in [-0.4, -0.2) is 49.3 Å². The monoisotopic (exact) mass is 476 g/mol. The summed E-state index contributed by atoms with van der Waals surface area (Å²) in [5.41, 5.74) is 12.6. The van der Waals surface area contributed by atoms with Crippen LogP contribution in [0.15, 0.2) is 73.2 Å². The number of aromatic amines is 2. The summed E-state index contributed by atoms with van der Waals surface area (Å²) >= 11 is 0. The zero-order chi connectivity index (χ0) is 24.2. The van der Waals surface area contributed by atoms with Crippen LogP contribution in [0.25, 0.3) is 55.7 Å². The Hall–Kier alpha value is -4.63. The summed E-state index contributed by atoms with van der Waals surface area (Å²) in [5, 5.41) is 9.55. The van der Waals surface area contributed by atoms with Gasteiger partial charge in [0.15, 0.2) is 0 Å². The predicted octanol–water partition coefficient (Wildman–Crippen LogP) is 4.52. The van der Waals surface area contributed by atoms with Crippen LogP contribution < -0.4 is 10.6 Å². The van der Waals surface area contributed by atoms with Gasteiger partial charge in [0.2, 0.25) is 0 Å². The second-order valence-electron chi connectivity index (χ2n) is 9.07. The Morgan fingerprint density at radius 3 is 2.75 bits per heavy atom. The zero-order valence-corrected chi connectivity index (χ0v) is 19.1. The van der Waals surface area contributed by atoms with Crippen LogP contribution in [0.3, 0.4) is 0 Å². The van der Waals surface area contributed by atoms with Crippen LogP contribution >= 0.6 is 0 Å². The first-order valence-electron chi connectivity index (χ1n) is 11.7. The van der Waals surface area contributed by atoms with E-state index in [2.05, 4.69) is 36.1 Å². The molecule has 0 unspecified atom stereocenters. The van der Waals surface area contributed by atoms with E-state index >= 15 is 0 Å². The molecule has 0 saturated carbocycles. The molecule has 0 aliphatic carbocycles. The van der Waals surface area contributed by atoms with Crippen molar-refractivity contribution in [3.63, 3.8) is 0 Å². The maximum Gasteiger partial charge on any atom is 0.147 e. The van der Waals surface area contributed by atoms with Crippen LogP contribution in [0, 0.1) is 5.82 Å². The molecule has 4 aromatic heterocycles. The first-order valence-corrected chi connectivity index (χ1v) is 11.7. The molecule has 0 amide bonds. The molecule has 8 nitrogen and oxygen atoms in total. The highest BCUT2D eigenvalue weighted by Crippen LogP contribution is 2.34. The molecule has 5 heterocycles. The van der Waals surface area contributed by atoms with Gasteiger partial charge in [0.05, 0.1) is 29.3 Å². The second kappa shape index (κ2) is 7.96. The van der Waals surface area contributed by atoms with Crippen molar-refractivity contribution < 1.29 is 4.39 Å². The smallest absolute Gasteiger partial charge is 0.147 e. The summed E-state index contributed by atoms with van der Waals surface area (Å²) < 4.78 is 13.9.